The molecule has 2 rings (SSSR count). The van der Waals surface area contributed by atoms with Crippen molar-refractivity contribution in [2.24, 2.45) is 0 Å². The van der Waals surface area contributed by atoms with Crippen molar-refractivity contribution in [1.29, 1.82) is 0 Å². The molecule has 0 aromatic carbocycles. The highest BCUT2D eigenvalue weighted by Crippen LogP contribution is 2.30. The Kier molecular flexibility index (Phi) is 3.98. The highest BCUT2D eigenvalue weighted by Gasteiger charge is 2.08. The number of hydrogen-bond donors (Lipinski definition) is 1. The summed E-state index contributed by atoms with van der Waals surface area (Å²) in [6.45, 7) is 3.87. The molecule has 0 unspecified atom stereocenters. The summed E-state index contributed by atoms with van der Waals surface area (Å²) < 4.78 is 6.14. The van der Waals surface area contributed by atoms with Gasteiger partial charge in [0.25, 0.3) is 0 Å². The Hall–Kier alpha value is -0.840. The van der Waals surface area contributed by atoms with E-state index in [1.54, 1.807) is 6.26 Å². The number of oxazole rings is 1. The molecule has 0 aliphatic heterocycles. The molecule has 0 fully saturated rings. The molecular formula is C11H13ClN2OS. The molecule has 2 heterocycles. The Labute approximate surface area is 103 Å². The van der Waals surface area contributed by atoms with Crippen LogP contribution in [-0.4, -0.2) is 11.5 Å². The lowest BCUT2D eigenvalue weighted by atomic mass is 10.4. The molecule has 0 amide bonds. The molecule has 2 aromatic rings. The number of nitrogens with one attached hydrogen (secondary N) is 1. The number of thiophene rings is 1. The van der Waals surface area contributed by atoms with Crippen LogP contribution in [-0.2, 0) is 6.54 Å². The Bertz CT molecular complexity index is 452. The standard InChI is InChI=1S/C11H13ClN2OS/c1-2-5-13-6-8-7-15-11(14-8)9-3-4-10(12)16-9/h3-4,7,13H,2,5-6H2,1H3. The van der Waals surface area contributed by atoms with E-state index >= 15 is 0 Å². The summed E-state index contributed by atoms with van der Waals surface area (Å²) in [5.74, 6) is 0.644. The fraction of sp³-hybridized carbons (Fsp3) is 0.364. The topological polar surface area (TPSA) is 38.1 Å². The summed E-state index contributed by atoms with van der Waals surface area (Å²) in [7, 11) is 0. The molecule has 0 saturated carbocycles. The van der Waals surface area contributed by atoms with Crippen LogP contribution in [0.3, 0.4) is 0 Å². The Morgan fingerprint density at radius 2 is 2.38 bits per heavy atom. The minimum absolute atomic E-state index is 0.644. The van der Waals surface area contributed by atoms with Crippen molar-refractivity contribution in [2.75, 3.05) is 6.54 Å². The van der Waals surface area contributed by atoms with Gasteiger partial charge in [-0.15, -0.1) is 11.3 Å². The minimum Gasteiger partial charge on any atom is -0.444 e. The monoisotopic (exact) mass is 256 g/mol. The number of hydrogen-bond acceptors (Lipinski definition) is 4. The van der Waals surface area contributed by atoms with Crippen LogP contribution in [0.1, 0.15) is 19.0 Å². The van der Waals surface area contributed by atoms with Gasteiger partial charge in [-0.1, -0.05) is 18.5 Å². The maximum absolute atomic E-state index is 5.86. The predicted octanol–water partition coefficient (Wildman–Crippen LogP) is 3.56. The summed E-state index contributed by atoms with van der Waals surface area (Å²) in [6.07, 6.45) is 2.80. The first kappa shape index (κ1) is 11.6. The number of nitrogens with zero attached hydrogens (tertiary/aromatic N) is 1. The number of aromatic nitrogens is 1. The van der Waals surface area contributed by atoms with E-state index in [1.165, 1.54) is 11.3 Å². The van der Waals surface area contributed by atoms with Gasteiger partial charge in [0.05, 0.1) is 14.9 Å². The van der Waals surface area contributed by atoms with Crippen molar-refractivity contribution in [3.63, 3.8) is 0 Å². The Morgan fingerprint density at radius 1 is 1.50 bits per heavy atom. The minimum atomic E-state index is 0.644. The maximum Gasteiger partial charge on any atom is 0.236 e. The highest BCUT2D eigenvalue weighted by molar-refractivity contribution is 7.19. The Morgan fingerprint density at radius 3 is 3.06 bits per heavy atom. The second kappa shape index (κ2) is 5.48. The molecule has 0 radical (unpaired) electrons. The molecule has 2 aromatic heterocycles. The van der Waals surface area contributed by atoms with Crippen molar-refractivity contribution >= 4 is 22.9 Å². The summed E-state index contributed by atoms with van der Waals surface area (Å²) in [6, 6.07) is 3.77. The van der Waals surface area contributed by atoms with E-state index in [1.807, 2.05) is 12.1 Å². The molecule has 0 spiro atoms. The quantitative estimate of drug-likeness (QED) is 0.832. The van der Waals surface area contributed by atoms with E-state index in [0.29, 0.717) is 5.89 Å². The Balaban J connectivity index is 2.02. The van der Waals surface area contributed by atoms with Crippen LogP contribution in [0.25, 0.3) is 10.8 Å². The van der Waals surface area contributed by atoms with Gasteiger partial charge >= 0.3 is 0 Å². The molecule has 0 saturated heterocycles. The molecule has 0 atom stereocenters. The number of halogens is 1. The van der Waals surface area contributed by atoms with Gasteiger partial charge in [0.15, 0.2) is 0 Å². The molecular weight excluding hydrogens is 244 g/mol. The molecule has 0 aliphatic carbocycles. The van der Waals surface area contributed by atoms with E-state index in [-0.39, 0.29) is 0 Å². The maximum atomic E-state index is 5.86. The van der Waals surface area contributed by atoms with Crippen LogP contribution < -0.4 is 5.32 Å². The van der Waals surface area contributed by atoms with Crippen LogP contribution in [0.2, 0.25) is 4.34 Å². The fourth-order valence-electron chi connectivity index (χ4n) is 1.32. The lowest BCUT2D eigenvalue weighted by Gasteiger charge is -1.96. The zero-order chi connectivity index (χ0) is 11.4. The predicted molar refractivity (Wildman–Crippen MR) is 66.8 cm³/mol. The van der Waals surface area contributed by atoms with Crippen LogP contribution in [0.4, 0.5) is 0 Å². The van der Waals surface area contributed by atoms with Crippen LogP contribution in [0, 0.1) is 0 Å². The second-order valence-electron chi connectivity index (χ2n) is 3.42. The van der Waals surface area contributed by atoms with E-state index in [0.717, 1.165) is 34.4 Å². The van der Waals surface area contributed by atoms with Gasteiger partial charge in [0.1, 0.15) is 6.26 Å². The summed E-state index contributed by atoms with van der Waals surface area (Å²) in [5.41, 5.74) is 0.924. The van der Waals surface area contributed by atoms with E-state index in [2.05, 4.69) is 17.2 Å². The van der Waals surface area contributed by atoms with Gasteiger partial charge in [0, 0.05) is 6.54 Å². The van der Waals surface area contributed by atoms with Gasteiger partial charge in [-0.3, -0.25) is 0 Å². The van der Waals surface area contributed by atoms with Crippen molar-refractivity contribution in [3.8, 4) is 10.8 Å². The average Bonchev–Trinajstić information content (AvgIpc) is 2.87. The zero-order valence-corrected chi connectivity index (χ0v) is 10.6. The molecule has 1 N–H and O–H groups in total. The van der Waals surface area contributed by atoms with Gasteiger partial charge in [-0.05, 0) is 25.1 Å². The fourth-order valence-corrected chi connectivity index (χ4v) is 2.30. The van der Waals surface area contributed by atoms with Crippen molar-refractivity contribution in [3.05, 3.63) is 28.4 Å². The van der Waals surface area contributed by atoms with E-state index in [4.69, 9.17) is 16.0 Å². The van der Waals surface area contributed by atoms with Crippen LogP contribution in [0.5, 0.6) is 0 Å². The largest absolute Gasteiger partial charge is 0.444 e. The summed E-state index contributed by atoms with van der Waals surface area (Å²) >= 11 is 7.33. The molecule has 86 valence electrons. The molecule has 16 heavy (non-hydrogen) atoms. The third kappa shape index (κ3) is 2.84. The van der Waals surface area contributed by atoms with Crippen molar-refractivity contribution in [1.82, 2.24) is 10.3 Å². The summed E-state index contributed by atoms with van der Waals surface area (Å²) in [4.78, 5) is 5.35. The van der Waals surface area contributed by atoms with Gasteiger partial charge < -0.3 is 9.73 Å². The first-order valence-corrected chi connectivity index (χ1v) is 6.40. The third-order valence-electron chi connectivity index (χ3n) is 2.07. The first-order valence-electron chi connectivity index (χ1n) is 5.20. The molecule has 5 heteroatoms. The van der Waals surface area contributed by atoms with Crippen LogP contribution >= 0.6 is 22.9 Å². The van der Waals surface area contributed by atoms with Gasteiger partial charge in [0.2, 0.25) is 5.89 Å². The van der Waals surface area contributed by atoms with Crippen molar-refractivity contribution < 1.29 is 4.42 Å². The summed E-state index contributed by atoms with van der Waals surface area (Å²) in [5, 5.41) is 3.28. The number of rotatable bonds is 5. The molecule has 0 aliphatic rings. The zero-order valence-electron chi connectivity index (χ0n) is 9.00. The highest BCUT2D eigenvalue weighted by atomic mass is 35.5. The lowest BCUT2D eigenvalue weighted by molar-refractivity contribution is 0.571. The molecule has 3 nitrogen and oxygen atoms in total. The van der Waals surface area contributed by atoms with Crippen LogP contribution in [0.15, 0.2) is 22.8 Å². The smallest absolute Gasteiger partial charge is 0.236 e. The normalized spacial score (nSPS) is 10.9. The first-order chi connectivity index (χ1) is 7.79. The van der Waals surface area contributed by atoms with E-state index < -0.39 is 0 Å². The average molecular weight is 257 g/mol. The van der Waals surface area contributed by atoms with Gasteiger partial charge in [-0.2, -0.15) is 0 Å². The van der Waals surface area contributed by atoms with Crippen molar-refractivity contribution in [2.45, 2.75) is 19.9 Å². The SMILES string of the molecule is CCCNCc1coc(-c2ccc(Cl)s2)n1. The van der Waals surface area contributed by atoms with E-state index in [9.17, 15) is 0 Å². The third-order valence-corrected chi connectivity index (χ3v) is 3.29. The molecule has 0 bridgehead atoms. The van der Waals surface area contributed by atoms with Gasteiger partial charge in [-0.25, -0.2) is 4.98 Å². The second-order valence-corrected chi connectivity index (χ2v) is 5.14. The lowest BCUT2D eigenvalue weighted by Crippen LogP contribution is -2.13.